The molecule has 0 aliphatic carbocycles. The molecule has 0 aliphatic heterocycles. The SMILES string of the molecule is Cn1cc(CCC(=O)O)c2c([N+](=O)[O-])ccc(O)c21. The highest BCUT2D eigenvalue weighted by Crippen LogP contribution is 2.36. The monoisotopic (exact) mass is 264 g/mol. The van der Waals surface area contributed by atoms with Crippen molar-refractivity contribution >= 4 is 22.6 Å². The topological polar surface area (TPSA) is 106 Å². The second-order valence-corrected chi connectivity index (χ2v) is 4.24. The number of hydrogen-bond acceptors (Lipinski definition) is 4. The molecule has 0 fully saturated rings. The zero-order valence-corrected chi connectivity index (χ0v) is 10.2. The number of aliphatic carboxylic acids is 1. The Morgan fingerprint density at radius 3 is 2.74 bits per heavy atom. The van der Waals surface area contributed by atoms with Crippen molar-refractivity contribution in [1.82, 2.24) is 4.57 Å². The summed E-state index contributed by atoms with van der Waals surface area (Å²) in [7, 11) is 1.65. The number of aromatic hydroxyl groups is 1. The largest absolute Gasteiger partial charge is 0.506 e. The van der Waals surface area contributed by atoms with Crippen LogP contribution in [-0.4, -0.2) is 25.7 Å². The van der Waals surface area contributed by atoms with Crippen LogP contribution in [0.15, 0.2) is 18.3 Å². The zero-order valence-electron chi connectivity index (χ0n) is 10.2. The lowest BCUT2D eigenvalue weighted by Crippen LogP contribution is -1.97. The van der Waals surface area contributed by atoms with E-state index >= 15 is 0 Å². The van der Waals surface area contributed by atoms with Crippen molar-refractivity contribution in [3.63, 3.8) is 0 Å². The number of nitro benzene ring substituents is 1. The van der Waals surface area contributed by atoms with Gasteiger partial charge in [-0.05, 0) is 18.1 Å². The van der Waals surface area contributed by atoms with Gasteiger partial charge in [-0.2, -0.15) is 0 Å². The second-order valence-electron chi connectivity index (χ2n) is 4.24. The Morgan fingerprint density at radius 1 is 1.47 bits per heavy atom. The van der Waals surface area contributed by atoms with Gasteiger partial charge < -0.3 is 14.8 Å². The van der Waals surface area contributed by atoms with Gasteiger partial charge in [0.1, 0.15) is 5.75 Å². The summed E-state index contributed by atoms with van der Waals surface area (Å²) in [5.74, 6) is -1.04. The Hall–Kier alpha value is -2.57. The van der Waals surface area contributed by atoms with Crippen molar-refractivity contribution in [2.24, 2.45) is 7.05 Å². The molecule has 1 aromatic heterocycles. The van der Waals surface area contributed by atoms with Crippen LogP contribution in [0.5, 0.6) is 5.75 Å². The summed E-state index contributed by atoms with van der Waals surface area (Å²) in [6.07, 6.45) is 1.67. The van der Waals surface area contributed by atoms with Gasteiger partial charge in [-0.3, -0.25) is 14.9 Å². The summed E-state index contributed by atoms with van der Waals surface area (Å²) < 4.78 is 1.56. The molecule has 0 atom stereocenters. The molecule has 1 aromatic carbocycles. The number of nitrogens with zero attached hydrogens (tertiary/aromatic N) is 2. The van der Waals surface area contributed by atoms with Crippen molar-refractivity contribution in [3.8, 4) is 5.75 Å². The van der Waals surface area contributed by atoms with E-state index in [1.807, 2.05) is 0 Å². The number of carbonyl (C=O) groups is 1. The van der Waals surface area contributed by atoms with Crippen LogP contribution in [-0.2, 0) is 18.3 Å². The molecule has 19 heavy (non-hydrogen) atoms. The summed E-state index contributed by atoms with van der Waals surface area (Å²) in [6, 6.07) is 2.49. The lowest BCUT2D eigenvalue weighted by Gasteiger charge is -2.01. The van der Waals surface area contributed by atoms with E-state index in [9.17, 15) is 20.0 Å². The van der Waals surface area contributed by atoms with Gasteiger partial charge in [0.15, 0.2) is 0 Å². The van der Waals surface area contributed by atoms with E-state index in [0.717, 1.165) is 0 Å². The highest BCUT2D eigenvalue weighted by molar-refractivity contribution is 5.96. The summed E-state index contributed by atoms with van der Waals surface area (Å²) in [6.45, 7) is 0. The molecule has 2 N–H and O–H groups in total. The van der Waals surface area contributed by atoms with Gasteiger partial charge in [0.05, 0.1) is 15.8 Å². The lowest BCUT2D eigenvalue weighted by atomic mass is 10.1. The molecule has 2 rings (SSSR count). The zero-order chi connectivity index (χ0) is 14.2. The fourth-order valence-electron chi connectivity index (χ4n) is 2.19. The standard InChI is InChI=1S/C12H12N2O5/c1-13-6-7(2-5-10(16)17)11-8(14(18)19)3-4-9(15)12(11)13/h3-4,6,15H,2,5H2,1H3,(H,16,17). The first-order chi connectivity index (χ1) is 8.91. The molecule has 0 aliphatic rings. The molecule has 7 heteroatoms. The molecule has 100 valence electrons. The number of phenolic OH excluding ortho intramolecular Hbond substituents is 1. The molecule has 0 saturated carbocycles. The average molecular weight is 264 g/mol. The van der Waals surface area contributed by atoms with Crippen LogP contribution < -0.4 is 0 Å². The van der Waals surface area contributed by atoms with Crippen LogP contribution >= 0.6 is 0 Å². The lowest BCUT2D eigenvalue weighted by molar-refractivity contribution is -0.383. The maximum absolute atomic E-state index is 11.0. The third-order valence-electron chi connectivity index (χ3n) is 2.96. The van der Waals surface area contributed by atoms with E-state index in [-0.39, 0.29) is 24.3 Å². The highest BCUT2D eigenvalue weighted by atomic mass is 16.6. The fourth-order valence-corrected chi connectivity index (χ4v) is 2.19. The number of carboxylic acid groups (broad SMARTS) is 1. The predicted octanol–water partition coefficient (Wildman–Crippen LogP) is 1.81. The maximum Gasteiger partial charge on any atom is 0.303 e. The quantitative estimate of drug-likeness (QED) is 0.647. The Labute approximate surface area is 107 Å². The molecular weight excluding hydrogens is 252 g/mol. The third kappa shape index (κ3) is 2.22. The number of aryl methyl sites for hydroxylation is 2. The van der Waals surface area contributed by atoms with Crippen LogP contribution in [0.25, 0.3) is 10.9 Å². The highest BCUT2D eigenvalue weighted by Gasteiger charge is 2.21. The number of non-ortho nitro benzene ring substituents is 1. The molecule has 2 aromatic rings. The molecule has 0 saturated heterocycles. The molecule has 0 unspecified atom stereocenters. The minimum absolute atomic E-state index is 0.0651. The van der Waals surface area contributed by atoms with E-state index in [1.165, 1.54) is 12.1 Å². The van der Waals surface area contributed by atoms with E-state index < -0.39 is 10.9 Å². The number of phenols is 1. The van der Waals surface area contributed by atoms with Crippen molar-refractivity contribution in [1.29, 1.82) is 0 Å². The smallest absolute Gasteiger partial charge is 0.303 e. The van der Waals surface area contributed by atoms with Crippen molar-refractivity contribution in [2.75, 3.05) is 0 Å². The molecule has 0 radical (unpaired) electrons. The number of aromatic nitrogens is 1. The van der Waals surface area contributed by atoms with E-state index in [2.05, 4.69) is 0 Å². The number of hydrogen-bond donors (Lipinski definition) is 2. The van der Waals surface area contributed by atoms with Crippen LogP contribution in [0, 0.1) is 10.1 Å². The molecule has 0 amide bonds. The minimum atomic E-state index is -0.972. The normalized spacial score (nSPS) is 10.8. The van der Waals surface area contributed by atoms with E-state index in [1.54, 1.807) is 17.8 Å². The van der Waals surface area contributed by atoms with Gasteiger partial charge in [0.2, 0.25) is 0 Å². The van der Waals surface area contributed by atoms with Crippen molar-refractivity contribution in [2.45, 2.75) is 12.8 Å². The van der Waals surface area contributed by atoms with Crippen molar-refractivity contribution in [3.05, 3.63) is 34.0 Å². The van der Waals surface area contributed by atoms with Gasteiger partial charge in [0.25, 0.3) is 5.69 Å². The van der Waals surface area contributed by atoms with E-state index in [4.69, 9.17) is 5.11 Å². The molecule has 1 heterocycles. The third-order valence-corrected chi connectivity index (χ3v) is 2.96. The van der Waals surface area contributed by atoms with Crippen LogP contribution in [0.2, 0.25) is 0 Å². The summed E-state index contributed by atoms with van der Waals surface area (Å²) >= 11 is 0. The first-order valence-electron chi connectivity index (χ1n) is 5.58. The Kier molecular flexibility index (Phi) is 3.12. The number of fused-ring (bicyclic) bond motifs is 1. The summed E-state index contributed by atoms with van der Waals surface area (Å²) in [5, 5.41) is 29.8. The number of benzene rings is 1. The van der Waals surface area contributed by atoms with Crippen LogP contribution in [0.3, 0.4) is 0 Å². The number of nitro groups is 1. The van der Waals surface area contributed by atoms with Gasteiger partial charge >= 0.3 is 5.97 Å². The molecule has 0 bridgehead atoms. The average Bonchev–Trinajstić information content (AvgIpc) is 2.65. The minimum Gasteiger partial charge on any atom is -0.506 e. The molecule has 7 nitrogen and oxygen atoms in total. The molecular formula is C12H12N2O5. The van der Waals surface area contributed by atoms with Crippen LogP contribution in [0.4, 0.5) is 5.69 Å². The molecule has 0 spiro atoms. The van der Waals surface area contributed by atoms with Crippen molar-refractivity contribution < 1.29 is 19.9 Å². The van der Waals surface area contributed by atoms with Gasteiger partial charge in [-0.1, -0.05) is 0 Å². The number of rotatable bonds is 4. The first kappa shape index (κ1) is 12.9. The first-order valence-corrected chi connectivity index (χ1v) is 5.58. The predicted molar refractivity (Wildman–Crippen MR) is 67.2 cm³/mol. The van der Waals surface area contributed by atoms with Gasteiger partial charge in [-0.25, -0.2) is 0 Å². The Morgan fingerprint density at radius 2 is 2.16 bits per heavy atom. The summed E-state index contributed by atoms with van der Waals surface area (Å²) in [4.78, 5) is 21.1. The fraction of sp³-hybridized carbons (Fsp3) is 0.250. The summed E-state index contributed by atoms with van der Waals surface area (Å²) in [5.41, 5.74) is 0.755. The number of carboxylic acids is 1. The Bertz CT molecular complexity index is 674. The Balaban J connectivity index is 2.67. The second kappa shape index (κ2) is 4.60. The maximum atomic E-state index is 11.0. The van der Waals surface area contributed by atoms with E-state index in [0.29, 0.717) is 16.5 Å². The van der Waals surface area contributed by atoms with Crippen LogP contribution in [0.1, 0.15) is 12.0 Å². The van der Waals surface area contributed by atoms with Gasteiger partial charge in [-0.15, -0.1) is 0 Å². The van der Waals surface area contributed by atoms with Gasteiger partial charge in [0, 0.05) is 25.7 Å².